The monoisotopic (exact) mass is 452 g/mol. The van der Waals surface area contributed by atoms with E-state index in [0.717, 1.165) is 44.7 Å². The van der Waals surface area contributed by atoms with Crippen molar-refractivity contribution in [2.45, 2.75) is 64.5 Å². The first-order chi connectivity index (χ1) is 11.1. The van der Waals surface area contributed by atoms with Crippen LogP contribution in [0.4, 0.5) is 0 Å². The van der Waals surface area contributed by atoms with Crippen LogP contribution in [0.1, 0.15) is 52.4 Å². The lowest BCUT2D eigenvalue weighted by molar-refractivity contribution is 0.0778. The van der Waals surface area contributed by atoms with Crippen molar-refractivity contribution in [2.75, 3.05) is 40.4 Å². The summed E-state index contributed by atoms with van der Waals surface area (Å²) < 4.78 is 5.28. The molecule has 6 heteroatoms. The molecule has 2 aliphatic carbocycles. The summed E-state index contributed by atoms with van der Waals surface area (Å²) in [6.07, 6.45) is 7.77. The van der Waals surface area contributed by atoms with Crippen LogP contribution in [0.5, 0.6) is 0 Å². The molecule has 142 valence electrons. The van der Waals surface area contributed by atoms with Gasteiger partial charge >= 0.3 is 0 Å². The Morgan fingerprint density at radius 1 is 1.33 bits per heavy atom. The number of rotatable bonds is 10. The Morgan fingerprint density at radius 3 is 2.54 bits per heavy atom. The van der Waals surface area contributed by atoms with Crippen LogP contribution < -0.4 is 10.6 Å². The summed E-state index contributed by atoms with van der Waals surface area (Å²) in [4.78, 5) is 7.36. The van der Waals surface area contributed by atoms with Crippen LogP contribution in [0.3, 0.4) is 0 Å². The number of methoxy groups -OCH3 is 1. The molecule has 24 heavy (non-hydrogen) atoms. The summed E-state index contributed by atoms with van der Waals surface area (Å²) in [5.74, 6) is 0.965. The summed E-state index contributed by atoms with van der Waals surface area (Å²) in [6.45, 7) is 8.04. The van der Waals surface area contributed by atoms with Crippen LogP contribution >= 0.6 is 24.0 Å². The molecule has 2 fully saturated rings. The van der Waals surface area contributed by atoms with E-state index in [1.165, 1.54) is 32.1 Å². The largest absolute Gasteiger partial charge is 0.385 e. The summed E-state index contributed by atoms with van der Waals surface area (Å²) in [6, 6.07) is 1.34. The first-order valence-corrected chi connectivity index (χ1v) is 9.33. The molecule has 0 amide bonds. The van der Waals surface area contributed by atoms with Crippen LogP contribution in [0.25, 0.3) is 0 Å². The number of likely N-dealkylation sites (N-methyl/N-ethyl adjacent to an activating group) is 1. The normalized spacial score (nSPS) is 21.0. The van der Waals surface area contributed by atoms with Gasteiger partial charge in [0.2, 0.25) is 0 Å². The fraction of sp³-hybridized carbons (Fsp3) is 0.944. The second-order valence-electron chi connectivity index (χ2n) is 7.42. The minimum absolute atomic E-state index is 0. The molecule has 2 N–H and O–H groups in total. The molecule has 2 saturated carbocycles. The molecule has 0 spiro atoms. The molecule has 2 aliphatic rings. The zero-order chi connectivity index (χ0) is 16.7. The highest BCUT2D eigenvalue weighted by atomic mass is 127. The number of hydrogen-bond acceptors (Lipinski definition) is 3. The average Bonchev–Trinajstić information content (AvgIpc) is 3.34. The molecule has 0 saturated heterocycles. The van der Waals surface area contributed by atoms with E-state index >= 15 is 0 Å². The minimum atomic E-state index is 0. The van der Waals surface area contributed by atoms with Crippen LogP contribution in [-0.4, -0.2) is 63.3 Å². The summed E-state index contributed by atoms with van der Waals surface area (Å²) in [5, 5.41) is 6.91. The lowest BCUT2D eigenvalue weighted by atomic mass is 9.67. The van der Waals surface area contributed by atoms with Gasteiger partial charge in [-0.15, -0.1) is 24.0 Å². The molecule has 0 heterocycles. The van der Waals surface area contributed by atoms with E-state index in [-0.39, 0.29) is 24.0 Å². The molecule has 0 radical (unpaired) electrons. The van der Waals surface area contributed by atoms with E-state index in [1.54, 1.807) is 7.11 Å². The van der Waals surface area contributed by atoms with Gasteiger partial charge in [-0.2, -0.15) is 0 Å². The standard InChI is InChI=1S/C18H36N4O.HI/c1-5-19-17(20-13-15(2)22(3)16-7-8-16)21-14-18(9-6-10-18)11-12-23-4;/h15-16H,5-14H2,1-4H3,(H2,19,20,21);1H. The van der Waals surface area contributed by atoms with Gasteiger partial charge in [-0.25, -0.2) is 0 Å². The second-order valence-corrected chi connectivity index (χ2v) is 7.42. The fourth-order valence-corrected chi connectivity index (χ4v) is 3.30. The van der Waals surface area contributed by atoms with Crippen LogP contribution in [0.2, 0.25) is 0 Å². The number of nitrogens with zero attached hydrogens (tertiary/aromatic N) is 2. The Kier molecular flexibility index (Phi) is 9.89. The zero-order valence-electron chi connectivity index (χ0n) is 15.9. The van der Waals surface area contributed by atoms with E-state index in [4.69, 9.17) is 9.73 Å². The third kappa shape index (κ3) is 6.67. The van der Waals surface area contributed by atoms with Crippen molar-refractivity contribution in [3.05, 3.63) is 0 Å². The highest BCUT2D eigenvalue weighted by molar-refractivity contribution is 14.0. The third-order valence-electron chi connectivity index (χ3n) is 5.55. The highest BCUT2D eigenvalue weighted by Gasteiger charge is 2.36. The van der Waals surface area contributed by atoms with Crippen molar-refractivity contribution in [1.29, 1.82) is 0 Å². The van der Waals surface area contributed by atoms with Gasteiger partial charge in [0.25, 0.3) is 0 Å². The van der Waals surface area contributed by atoms with E-state index in [1.807, 2.05) is 0 Å². The Bertz CT molecular complexity index is 383. The summed E-state index contributed by atoms with van der Waals surface area (Å²) >= 11 is 0. The van der Waals surface area contributed by atoms with Gasteiger partial charge in [-0.05, 0) is 58.4 Å². The number of guanidine groups is 1. The highest BCUT2D eigenvalue weighted by Crippen LogP contribution is 2.44. The average molecular weight is 452 g/mol. The van der Waals surface area contributed by atoms with Crippen molar-refractivity contribution < 1.29 is 4.74 Å². The third-order valence-corrected chi connectivity index (χ3v) is 5.55. The van der Waals surface area contributed by atoms with Gasteiger partial charge in [0.05, 0.1) is 0 Å². The number of ether oxygens (including phenoxy) is 1. The Labute approximate surface area is 165 Å². The van der Waals surface area contributed by atoms with Crippen molar-refractivity contribution in [3.63, 3.8) is 0 Å². The van der Waals surface area contributed by atoms with E-state index in [9.17, 15) is 0 Å². The molecule has 0 aromatic carbocycles. The topological polar surface area (TPSA) is 48.9 Å². The number of nitrogens with one attached hydrogen (secondary N) is 2. The molecule has 5 nitrogen and oxygen atoms in total. The predicted molar refractivity (Wildman–Crippen MR) is 112 cm³/mol. The predicted octanol–water partition coefficient (Wildman–Crippen LogP) is 2.85. The molecule has 1 unspecified atom stereocenters. The quantitative estimate of drug-likeness (QED) is 0.304. The number of halogens is 1. The molecule has 0 aliphatic heterocycles. The van der Waals surface area contributed by atoms with Gasteiger partial charge in [0, 0.05) is 45.4 Å². The van der Waals surface area contributed by atoms with Gasteiger partial charge < -0.3 is 15.4 Å². The maximum Gasteiger partial charge on any atom is 0.191 e. The maximum atomic E-state index is 5.28. The van der Waals surface area contributed by atoms with Crippen LogP contribution in [0.15, 0.2) is 4.99 Å². The second kappa shape index (κ2) is 10.8. The molecule has 0 aromatic heterocycles. The minimum Gasteiger partial charge on any atom is -0.385 e. The molecule has 0 aromatic rings. The number of hydrogen-bond donors (Lipinski definition) is 2. The molecule has 0 bridgehead atoms. The number of aliphatic imine (C=N–C) groups is 1. The van der Waals surface area contributed by atoms with Crippen LogP contribution in [-0.2, 0) is 4.74 Å². The first-order valence-electron chi connectivity index (χ1n) is 9.33. The molecular formula is C18H37IN4O. The molecule has 1 atom stereocenters. The summed E-state index contributed by atoms with van der Waals surface area (Å²) in [5.41, 5.74) is 0.384. The molecule has 2 rings (SSSR count). The Morgan fingerprint density at radius 2 is 2.04 bits per heavy atom. The first kappa shape index (κ1) is 22.0. The van der Waals surface area contributed by atoms with Gasteiger partial charge in [0.1, 0.15) is 0 Å². The molecular weight excluding hydrogens is 415 g/mol. The van der Waals surface area contributed by atoms with Crippen molar-refractivity contribution in [1.82, 2.24) is 15.5 Å². The zero-order valence-corrected chi connectivity index (χ0v) is 18.3. The van der Waals surface area contributed by atoms with E-state index < -0.39 is 0 Å². The summed E-state index contributed by atoms with van der Waals surface area (Å²) in [7, 11) is 4.03. The van der Waals surface area contributed by atoms with Gasteiger partial charge in [-0.3, -0.25) is 9.89 Å². The van der Waals surface area contributed by atoms with Crippen molar-refractivity contribution >= 4 is 29.9 Å². The van der Waals surface area contributed by atoms with Crippen molar-refractivity contribution in [2.24, 2.45) is 10.4 Å². The lowest BCUT2D eigenvalue weighted by Crippen LogP contribution is -2.46. The maximum absolute atomic E-state index is 5.28. The SMILES string of the molecule is CCNC(=NCC1(CCOC)CCC1)NCC(C)N(C)C1CC1.I. The van der Waals surface area contributed by atoms with Gasteiger partial charge in [0.15, 0.2) is 5.96 Å². The smallest absolute Gasteiger partial charge is 0.191 e. The lowest BCUT2D eigenvalue weighted by Gasteiger charge is -2.40. The van der Waals surface area contributed by atoms with Gasteiger partial charge in [-0.1, -0.05) is 6.42 Å². The van der Waals surface area contributed by atoms with Crippen LogP contribution in [0, 0.1) is 5.41 Å². The Hall–Kier alpha value is -0.0800. The Balaban J connectivity index is 0.00000288. The van der Waals surface area contributed by atoms with E-state index in [2.05, 4.69) is 36.4 Å². The fourth-order valence-electron chi connectivity index (χ4n) is 3.30. The van der Waals surface area contributed by atoms with E-state index in [0.29, 0.717) is 11.5 Å². The van der Waals surface area contributed by atoms with Crippen molar-refractivity contribution in [3.8, 4) is 0 Å².